The van der Waals surface area contributed by atoms with E-state index in [-0.39, 0.29) is 12.3 Å². The average Bonchev–Trinajstić information content (AvgIpc) is 3.00. The van der Waals surface area contributed by atoms with Gasteiger partial charge in [0, 0.05) is 5.56 Å². The zero-order chi connectivity index (χ0) is 23.3. The van der Waals surface area contributed by atoms with Gasteiger partial charge in [0.25, 0.3) is 5.91 Å². The summed E-state index contributed by atoms with van der Waals surface area (Å²) in [5, 5.41) is 20.5. The highest BCUT2D eigenvalue weighted by atomic mass is 79.9. The highest BCUT2D eigenvalue weighted by molar-refractivity contribution is 9.10. The Bertz CT molecular complexity index is 1150. The number of nitrogens with zero attached hydrogens (tertiary/aromatic N) is 2. The van der Waals surface area contributed by atoms with Gasteiger partial charge in [0.1, 0.15) is 18.8 Å². The van der Waals surface area contributed by atoms with Gasteiger partial charge in [0.15, 0.2) is 11.5 Å². The molecule has 0 aromatic heterocycles. The molecule has 0 bridgehead atoms. The highest BCUT2D eigenvalue weighted by Gasteiger charge is 2.34. The quantitative estimate of drug-likeness (QED) is 0.421. The smallest absolute Gasteiger partial charge is 0.329 e. The molecule has 0 radical (unpaired) electrons. The van der Waals surface area contributed by atoms with Gasteiger partial charge < -0.3 is 19.9 Å². The molecule has 1 fully saturated rings. The van der Waals surface area contributed by atoms with E-state index in [1.807, 2.05) is 6.07 Å². The summed E-state index contributed by atoms with van der Waals surface area (Å²) in [4.78, 5) is 35.7. The molecule has 9 nitrogen and oxygen atoms in total. The van der Waals surface area contributed by atoms with Crippen LogP contribution in [0.25, 0.3) is 6.08 Å². The van der Waals surface area contributed by atoms with Crippen LogP contribution in [0.15, 0.2) is 46.6 Å². The number of nitrogens with one attached hydrogen (secondary N) is 1. The van der Waals surface area contributed by atoms with E-state index in [1.165, 1.54) is 6.08 Å². The Balaban J connectivity index is 1.88. The zero-order valence-corrected chi connectivity index (χ0v) is 18.5. The maximum Gasteiger partial charge on any atom is 0.329 e. The number of urea groups is 1. The van der Waals surface area contributed by atoms with E-state index in [1.54, 1.807) is 37.3 Å². The van der Waals surface area contributed by atoms with Gasteiger partial charge in [-0.15, -0.1) is 0 Å². The number of carboxylic acid groups (broad SMARTS) is 1. The number of amides is 3. The Hall–Kier alpha value is -3.84. The first-order valence-electron chi connectivity index (χ1n) is 9.47. The number of carbonyl (C=O) groups is 3. The van der Waals surface area contributed by atoms with Crippen LogP contribution in [-0.2, 0) is 16.2 Å². The number of carbonyl (C=O) groups excluding carboxylic acids is 2. The third-order valence-electron chi connectivity index (χ3n) is 4.41. The molecule has 164 valence electrons. The molecule has 1 heterocycles. The van der Waals surface area contributed by atoms with Crippen LogP contribution in [0, 0.1) is 11.3 Å². The largest absolute Gasteiger partial charge is 0.490 e. The predicted molar refractivity (Wildman–Crippen MR) is 117 cm³/mol. The molecule has 0 atom stereocenters. The number of nitriles is 1. The van der Waals surface area contributed by atoms with E-state index in [0.29, 0.717) is 44.2 Å². The van der Waals surface area contributed by atoms with Gasteiger partial charge in [-0.2, -0.15) is 5.26 Å². The van der Waals surface area contributed by atoms with E-state index in [4.69, 9.17) is 14.6 Å². The number of hydrogen-bond donors (Lipinski definition) is 2. The molecule has 0 saturated carbocycles. The van der Waals surface area contributed by atoms with Crippen LogP contribution in [0.1, 0.15) is 23.6 Å². The van der Waals surface area contributed by atoms with E-state index >= 15 is 0 Å². The predicted octanol–water partition coefficient (Wildman–Crippen LogP) is 3.28. The summed E-state index contributed by atoms with van der Waals surface area (Å²) in [6.45, 7) is 1.56. The van der Waals surface area contributed by atoms with Crippen molar-refractivity contribution in [2.45, 2.75) is 13.5 Å². The van der Waals surface area contributed by atoms with E-state index in [0.717, 1.165) is 0 Å². The fourth-order valence-corrected chi connectivity index (χ4v) is 3.57. The van der Waals surface area contributed by atoms with E-state index < -0.39 is 24.5 Å². The molecule has 3 rings (SSSR count). The van der Waals surface area contributed by atoms with Crippen LogP contribution in [0.4, 0.5) is 4.79 Å². The SMILES string of the molecule is CCOc1cc(/C=C2/NC(=O)N(CC(=O)O)C2=O)cc(Br)c1OCc1ccccc1C#N. The van der Waals surface area contributed by atoms with E-state index in [9.17, 15) is 19.6 Å². The number of ether oxygens (including phenoxy) is 2. The minimum absolute atomic E-state index is 0.0535. The van der Waals surface area contributed by atoms with Crippen molar-refractivity contribution in [1.29, 1.82) is 5.26 Å². The molecule has 1 aliphatic rings. The number of rotatable bonds is 8. The number of aliphatic carboxylic acids is 1. The third kappa shape index (κ3) is 5.07. The summed E-state index contributed by atoms with van der Waals surface area (Å²) in [6.07, 6.45) is 1.42. The second-order valence-corrected chi connectivity index (χ2v) is 7.45. The Morgan fingerprint density at radius 3 is 2.72 bits per heavy atom. The van der Waals surface area contributed by atoms with Crippen molar-refractivity contribution < 1.29 is 29.0 Å². The standard InChI is InChI=1S/C22H18BrN3O6/c1-2-31-18-9-13(8-17-21(29)26(11-19(27)28)22(30)25-17)7-16(23)20(18)32-12-15-6-4-3-5-14(15)10-24/h3-9H,2,11-12H2,1H3,(H,25,30)(H,27,28)/b17-8+. The third-order valence-corrected chi connectivity index (χ3v) is 5.00. The Morgan fingerprint density at radius 1 is 1.28 bits per heavy atom. The number of carboxylic acids is 1. The van der Waals surface area contributed by atoms with Gasteiger partial charge in [0.2, 0.25) is 0 Å². The van der Waals surface area contributed by atoms with E-state index in [2.05, 4.69) is 27.3 Å². The van der Waals surface area contributed by atoms with Crippen molar-refractivity contribution in [3.63, 3.8) is 0 Å². The molecule has 3 amide bonds. The van der Waals surface area contributed by atoms with Crippen LogP contribution >= 0.6 is 15.9 Å². The van der Waals surface area contributed by atoms with Crippen LogP contribution < -0.4 is 14.8 Å². The van der Waals surface area contributed by atoms with Gasteiger partial charge >= 0.3 is 12.0 Å². The number of halogens is 1. The van der Waals surface area contributed by atoms with Gasteiger partial charge in [-0.25, -0.2) is 9.69 Å². The van der Waals surface area contributed by atoms with Crippen molar-refractivity contribution in [2.24, 2.45) is 0 Å². The average molecular weight is 500 g/mol. The fourth-order valence-electron chi connectivity index (χ4n) is 3.00. The molecule has 2 N–H and O–H groups in total. The van der Waals surface area contributed by atoms with Crippen LogP contribution in [0.3, 0.4) is 0 Å². The first-order chi connectivity index (χ1) is 15.3. The highest BCUT2D eigenvalue weighted by Crippen LogP contribution is 2.38. The first kappa shape index (κ1) is 22.8. The molecular formula is C22H18BrN3O6. The van der Waals surface area contributed by atoms with Crippen molar-refractivity contribution in [2.75, 3.05) is 13.2 Å². The van der Waals surface area contributed by atoms with Crippen molar-refractivity contribution >= 4 is 39.9 Å². The lowest BCUT2D eigenvalue weighted by Crippen LogP contribution is -2.35. The second-order valence-electron chi connectivity index (χ2n) is 6.59. The van der Waals surface area contributed by atoms with Crippen LogP contribution in [-0.4, -0.2) is 41.1 Å². The van der Waals surface area contributed by atoms with Gasteiger partial charge in [-0.05, 0) is 52.7 Å². The van der Waals surface area contributed by atoms with Crippen LogP contribution in [0.5, 0.6) is 11.5 Å². The van der Waals surface area contributed by atoms with Crippen molar-refractivity contribution in [3.05, 3.63) is 63.3 Å². The maximum absolute atomic E-state index is 12.4. The molecule has 2 aromatic rings. The molecule has 1 aliphatic heterocycles. The molecule has 2 aromatic carbocycles. The molecule has 1 saturated heterocycles. The Morgan fingerprint density at radius 2 is 2.03 bits per heavy atom. The first-order valence-corrected chi connectivity index (χ1v) is 10.3. The minimum atomic E-state index is -1.30. The summed E-state index contributed by atoms with van der Waals surface area (Å²) in [5.74, 6) is -1.23. The number of imide groups is 1. The van der Waals surface area contributed by atoms with Gasteiger partial charge in [-0.1, -0.05) is 18.2 Å². The molecule has 0 aliphatic carbocycles. The Kier molecular flexibility index (Phi) is 7.12. The molecular weight excluding hydrogens is 482 g/mol. The molecule has 32 heavy (non-hydrogen) atoms. The maximum atomic E-state index is 12.4. The van der Waals surface area contributed by atoms with Crippen molar-refractivity contribution in [1.82, 2.24) is 10.2 Å². The summed E-state index contributed by atoms with van der Waals surface area (Å²) in [5.41, 5.74) is 1.69. The Labute approximate surface area is 192 Å². The van der Waals surface area contributed by atoms with Gasteiger partial charge in [-0.3, -0.25) is 9.59 Å². The topological polar surface area (TPSA) is 129 Å². The molecule has 0 spiro atoms. The molecule has 0 unspecified atom stereocenters. The lowest BCUT2D eigenvalue weighted by Gasteiger charge is -2.15. The number of benzene rings is 2. The fraction of sp³-hybridized carbons (Fsp3) is 0.182. The lowest BCUT2D eigenvalue weighted by atomic mass is 10.1. The van der Waals surface area contributed by atoms with Gasteiger partial charge in [0.05, 0.1) is 22.7 Å². The minimum Gasteiger partial charge on any atom is -0.490 e. The summed E-state index contributed by atoms with van der Waals surface area (Å²) >= 11 is 3.44. The number of hydrogen-bond acceptors (Lipinski definition) is 6. The zero-order valence-electron chi connectivity index (χ0n) is 16.9. The monoisotopic (exact) mass is 499 g/mol. The lowest BCUT2D eigenvalue weighted by molar-refractivity contribution is -0.140. The van der Waals surface area contributed by atoms with Crippen LogP contribution in [0.2, 0.25) is 0 Å². The molecule has 10 heteroatoms. The normalized spacial score (nSPS) is 14.3. The summed E-state index contributed by atoms with van der Waals surface area (Å²) < 4.78 is 12.1. The summed E-state index contributed by atoms with van der Waals surface area (Å²) in [6, 6.07) is 11.7. The summed E-state index contributed by atoms with van der Waals surface area (Å²) in [7, 11) is 0. The second kappa shape index (κ2) is 9.98. The van der Waals surface area contributed by atoms with Crippen molar-refractivity contribution in [3.8, 4) is 17.6 Å².